The molecule has 6 heteroatoms. The van der Waals surface area contributed by atoms with E-state index in [9.17, 15) is 15.0 Å². The molecule has 1 heterocycles. The smallest absolute Gasteiger partial charge is 0.309 e. The van der Waals surface area contributed by atoms with Crippen molar-refractivity contribution in [3.63, 3.8) is 0 Å². The van der Waals surface area contributed by atoms with Gasteiger partial charge in [-0.05, 0) is 19.4 Å². The van der Waals surface area contributed by atoms with Crippen molar-refractivity contribution in [3.05, 3.63) is 35.9 Å². The van der Waals surface area contributed by atoms with E-state index in [1.165, 1.54) is 0 Å². The largest absolute Gasteiger partial charge is 0.352 e. The molecular weight excluding hydrogens is 246 g/mol. The van der Waals surface area contributed by atoms with Crippen LogP contribution in [0.4, 0.5) is 0 Å². The van der Waals surface area contributed by atoms with Crippen molar-refractivity contribution >= 4 is 11.7 Å². The number of hydrogen-bond donors (Lipinski definition) is 3. The third-order valence-corrected chi connectivity index (χ3v) is 3.25. The molecule has 6 nitrogen and oxygen atoms in total. The lowest BCUT2D eigenvalue weighted by molar-refractivity contribution is -0.160. The fraction of sp³-hybridized carbons (Fsp3) is 0.385. The first-order valence-electron chi connectivity index (χ1n) is 6.13. The van der Waals surface area contributed by atoms with Crippen LogP contribution >= 0.6 is 0 Å². The average molecular weight is 263 g/mol. The predicted molar refractivity (Wildman–Crippen MR) is 70.0 cm³/mol. The molecule has 2 rings (SSSR count). The van der Waals surface area contributed by atoms with Gasteiger partial charge < -0.3 is 15.1 Å². The Labute approximate surface area is 111 Å². The lowest BCUT2D eigenvalue weighted by Gasteiger charge is -2.32. The van der Waals surface area contributed by atoms with Gasteiger partial charge in [-0.3, -0.25) is 4.79 Å². The molecule has 1 unspecified atom stereocenters. The molecule has 1 atom stereocenters. The summed E-state index contributed by atoms with van der Waals surface area (Å²) in [4.78, 5) is 13.0. The lowest BCUT2D eigenvalue weighted by atomic mass is 10.1. The van der Waals surface area contributed by atoms with E-state index < -0.39 is 11.7 Å². The first-order valence-corrected chi connectivity index (χ1v) is 6.13. The molecule has 0 bridgehead atoms. The number of likely N-dealkylation sites (N-methyl/N-ethyl adjacent to an activating group) is 1. The summed E-state index contributed by atoms with van der Waals surface area (Å²) < 4.78 is 0. The Kier molecular flexibility index (Phi) is 3.55. The molecular formula is C13H17N3O3. The molecule has 102 valence electrons. The highest BCUT2D eigenvalue weighted by Crippen LogP contribution is 2.24. The van der Waals surface area contributed by atoms with E-state index in [2.05, 4.69) is 10.5 Å². The predicted octanol–water partition coefficient (Wildman–Crippen LogP) is 0.194. The van der Waals surface area contributed by atoms with Gasteiger partial charge in [0.05, 0.1) is 6.04 Å². The van der Waals surface area contributed by atoms with Crippen molar-refractivity contribution in [1.29, 1.82) is 0 Å². The molecule has 1 amide bonds. The Balaban J connectivity index is 2.29. The minimum atomic E-state index is -2.57. The average Bonchev–Trinajstić information content (AvgIpc) is 2.67. The summed E-state index contributed by atoms with van der Waals surface area (Å²) in [5.74, 6) is -3.57. The fourth-order valence-corrected chi connectivity index (χ4v) is 2.14. The van der Waals surface area contributed by atoms with Gasteiger partial charge in [-0.1, -0.05) is 30.3 Å². The Hall–Kier alpha value is -1.92. The summed E-state index contributed by atoms with van der Waals surface area (Å²) in [6.07, 6.45) is 0. The molecule has 1 aromatic carbocycles. The Bertz CT molecular complexity index is 499. The molecule has 3 N–H and O–H groups in total. The first kappa shape index (κ1) is 13.5. The molecule has 0 fully saturated rings. The maximum absolute atomic E-state index is 11.3. The second-order valence-electron chi connectivity index (χ2n) is 4.42. The summed E-state index contributed by atoms with van der Waals surface area (Å²) in [7, 11) is 0. The first-order chi connectivity index (χ1) is 8.98. The Morgan fingerprint density at radius 3 is 2.47 bits per heavy atom. The number of nitrogens with zero attached hydrogens (tertiary/aromatic N) is 2. The van der Waals surface area contributed by atoms with Gasteiger partial charge in [0, 0.05) is 6.54 Å². The van der Waals surface area contributed by atoms with E-state index in [0.29, 0.717) is 6.54 Å². The molecule has 1 aliphatic heterocycles. The topological polar surface area (TPSA) is 85.2 Å². The zero-order valence-electron chi connectivity index (χ0n) is 10.9. The van der Waals surface area contributed by atoms with Crippen molar-refractivity contribution < 1.29 is 15.0 Å². The van der Waals surface area contributed by atoms with E-state index >= 15 is 0 Å². The zero-order chi connectivity index (χ0) is 14.0. The van der Waals surface area contributed by atoms with Crippen LogP contribution in [0, 0.1) is 0 Å². The van der Waals surface area contributed by atoms with E-state index in [4.69, 9.17) is 0 Å². The lowest BCUT2D eigenvalue weighted by Crippen LogP contribution is -2.52. The number of rotatable bonds is 3. The monoisotopic (exact) mass is 263 g/mol. The molecule has 0 saturated heterocycles. The van der Waals surface area contributed by atoms with Gasteiger partial charge in [-0.2, -0.15) is 5.10 Å². The second kappa shape index (κ2) is 4.99. The van der Waals surface area contributed by atoms with Crippen molar-refractivity contribution in [2.75, 3.05) is 6.54 Å². The van der Waals surface area contributed by atoms with E-state index in [1.807, 2.05) is 44.2 Å². The normalized spacial score (nSPS) is 18.7. The van der Waals surface area contributed by atoms with Crippen LogP contribution in [0.3, 0.4) is 0 Å². The number of hydrogen-bond acceptors (Lipinski definition) is 5. The van der Waals surface area contributed by atoms with Crippen LogP contribution in [0.2, 0.25) is 0 Å². The van der Waals surface area contributed by atoms with Crippen LogP contribution in [-0.4, -0.2) is 39.2 Å². The van der Waals surface area contributed by atoms with Crippen molar-refractivity contribution in [1.82, 2.24) is 10.3 Å². The highest BCUT2D eigenvalue weighted by molar-refractivity contribution is 6.12. The fourth-order valence-electron chi connectivity index (χ4n) is 2.14. The summed E-state index contributed by atoms with van der Waals surface area (Å²) >= 11 is 0. The summed E-state index contributed by atoms with van der Waals surface area (Å²) in [6.45, 7) is 4.27. The maximum Gasteiger partial charge on any atom is 0.309 e. The van der Waals surface area contributed by atoms with Crippen molar-refractivity contribution in [2.24, 2.45) is 5.10 Å². The quantitative estimate of drug-likeness (QED) is 0.680. The van der Waals surface area contributed by atoms with E-state index in [-0.39, 0.29) is 11.9 Å². The molecule has 0 aliphatic carbocycles. The second-order valence-corrected chi connectivity index (χ2v) is 4.42. The van der Waals surface area contributed by atoms with Crippen LogP contribution < -0.4 is 5.43 Å². The van der Waals surface area contributed by atoms with Crippen LogP contribution in [0.15, 0.2) is 35.4 Å². The van der Waals surface area contributed by atoms with Gasteiger partial charge in [-0.25, -0.2) is 5.43 Å². The van der Waals surface area contributed by atoms with Gasteiger partial charge in [0.15, 0.2) is 5.84 Å². The number of aliphatic hydroxyl groups is 2. The number of carbonyl (C=O) groups excluding carboxylic acids is 1. The standard InChI is InChI=1S/C13H17N3O3/c1-3-16(9(2)10-7-5-4-6-8-10)11-13(18,19)12(17)15-14-11/h4-9,18-19H,3H2,1-2H3,(H,15,17). The molecule has 0 radical (unpaired) electrons. The molecule has 1 aromatic rings. The number of amidine groups is 1. The highest BCUT2D eigenvalue weighted by Gasteiger charge is 2.48. The summed E-state index contributed by atoms with van der Waals surface area (Å²) in [5, 5.41) is 23.3. The molecule has 1 aliphatic rings. The third-order valence-electron chi connectivity index (χ3n) is 3.25. The Morgan fingerprint density at radius 2 is 2.00 bits per heavy atom. The van der Waals surface area contributed by atoms with E-state index in [1.54, 1.807) is 4.90 Å². The van der Waals surface area contributed by atoms with Gasteiger partial charge in [-0.15, -0.1) is 0 Å². The van der Waals surface area contributed by atoms with Gasteiger partial charge >= 0.3 is 11.7 Å². The SMILES string of the molecule is CCN(C1=NNC(=O)C1(O)O)C(C)c1ccccc1. The summed E-state index contributed by atoms with van der Waals surface area (Å²) in [6, 6.07) is 9.47. The number of hydrazone groups is 1. The van der Waals surface area contributed by atoms with Gasteiger partial charge in [0.25, 0.3) is 0 Å². The van der Waals surface area contributed by atoms with Crippen molar-refractivity contribution in [2.45, 2.75) is 25.7 Å². The minimum Gasteiger partial charge on any atom is -0.352 e. The number of carbonyl (C=O) groups is 1. The minimum absolute atomic E-state index is 0.0728. The molecule has 0 aromatic heterocycles. The maximum atomic E-state index is 11.3. The van der Waals surface area contributed by atoms with E-state index in [0.717, 1.165) is 5.56 Å². The number of amides is 1. The molecule has 0 spiro atoms. The highest BCUT2D eigenvalue weighted by atomic mass is 16.5. The van der Waals surface area contributed by atoms with Crippen molar-refractivity contribution in [3.8, 4) is 0 Å². The number of benzene rings is 1. The zero-order valence-corrected chi connectivity index (χ0v) is 10.9. The van der Waals surface area contributed by atoms with Gasteiger partial charge in [0.1, 0.15) is 0 Å². The van der Waals surface area contributed by atoms with Crippen LogP contribution in [0.5, 0.6) is 0 Å². The summed E-state index contributed by atoms with van der Waals surface area (Å²) in [5.41, 5.74) is 3.09. The number of nitrogens with one attached hydrogen (secondary N) is 1. The van der Waals surface area contributed by atoms with Crippen LogP contribution in [0.1, 0.15) is 25.5 Å². The van der Waals surface area contributed by atoms with Crippen LogP contribution in [0.25, 0.3) is 0 Å². The third kappa shape index (κ3) is 2.32. The molecule has 0 saturated carbocycles. The molecule has 19 heavy (non-hydrogen) atoms. The Morgan fingerprint density at radius 1 is 1.37 bits per heavy atom. The van der Waals surface area contributed by atoms with Crippen LogP contribution in [-0.2, 0) is 4.79 Å². The van der Waals surface area contributed by atoms with Gasteiger partial charge in [0.2, 0.25) is 0 Å².